The van der Waals surface area contributed by atoms with Gasteiger partial charge in [0.25, 0.3) is 0 Å². The predicted octanol–water partition coefficient (Wildman–Crippen LogP) is 1.47. The fraction of sp³-hybridized carbons (Fsp3) is 1.00. The Morgan fingerprint density at radius 3 is 2.79 bits per heavy atom. The highest BCUT2D eigenvalue weighted by atomic mass is 15.2. The van der Waals surface area contributed by atoms with Crippen LogP contribution in [0.3, 0.4) is 0 Å². The van der Waals surface area contributed by atoms with Gasteiger partial charge in [0.1, 0.15) is 0 Å². The van der Waals surface area contributed by atoms with Crippen LogP contribution in [0.15, 0.2) is 0 Å². The SMILES string of the molecule is CC1NCC2CCCN3CCCC1C23. The second-order valence-electron chi connectivity index (χ2n) is 5.43. The molecule has 0 amide bonds. The van der Waals surface area contributed by atoms with Crippen LogP contribution in [0, 0.1) is 11.8 Å². The number of piperidine rings is 3. The van der Waals surface area contributed by atoms with E-state index < -0.39 is 0 Å². The van der Waals surface area contributed by atoms with Crippen LogP contribution in [0.5, 0.6) is 0 Å². The average molecular weight is 194 g/mol. The van der Waals surface area contributed by atoms with E-state index in [2.05, 4.69) is 17.1 Å². The third-order valence-corrected chi connectivity index (χ3v) is 4.69. The fourth-order valence-corrected chi connectivity index (χ4v) is 4.01. The van der Waals surface area contributed by atoms with Gasteiger partial charge in [-0.25, -0.2) is 0 Å². The molecule has 2 nitrogen and oxygen atoms in total. The summed E-state index contributed by atoms with van der Waals surface area (Å²) in [5.74, 6) is 1.91. The summed E-state index contributed by atoms with van der Waals surface area (Å²) in [5.41, 5.74) is 0. The second kappa shape index (κ2) is 3.49. The molecular formula is C12H22N2. The minimum Gasteiger partial charge on any atom is -0.314 e. The maximum atomic E-state index is 3.71. The van der Waals surface area contributed by atoms with Crippen molar-refractivity contribution in [2.24, 2.45) is 11.8 Å². The van der Waals surface area contributed by atoms with Gasteiger partial charge in [0, 0.05) is 12.1 Å². The van der Waals surface area contributed by atoms with Gasteiger partial charge < -0.3 is 5.32 Å². The van der Waals surface area contributed by atoms with Crippen molar-refractivity contribution in [3.8, 4) is 0 Å². The summed E-state index contributed by atoms with van der Waals surface area (Å²) in [6.45, 7) is 6.42. The minimum absolute atomic E-state index is 0.761. The topological polar surface area (TPSA) is 15.3 Å². The van der Waals surface area contributed by atoms with Crippen molar-refractivity contribution in [1.82, 2.24) is 10.2 Å². The van der Waals surface area contributed by atoms with Gasteiger partial charge in [-0.15, -0.1) is 0 Å². The van der Waals surface area contributed by atoms with Crippen LogP contribution in [0.2, 0.25) is 0 Å². The quantitative estimate of drug-likeness (QED) is 0.628. The lowest BCUT2D eigenvalue weighted by Crippen LogP contribution is -2.63. The molecule has 3 fully saturated rings. The minimum atomic E-state index is 0.761. The van der Waals surface area contributed by atoms with Gasteiger partial charge >= 0.3 is 0 Å². The standard InChI is InChI=1S/C12H22N2/c1-9-11-5-3-7-14-6-2-4-10(8-13-9)12(11)14/h9-13H,2-8H2,1H3. The van der Waals surface area contributed by atoms with E-state index in [1.807, 2.05) is 0 Å². The molecule has 2 heteroatoms. The van der Waals surface area contributed by atoms with E-state index >= 15 is 0 Å². The Morgan fingerprint density at radius 1 is 1.14 bits per heavy atom. The molecule has 0 bridgehead atoms. The maximum absolute atomic E-state index is 3.71. The summed E-state index contributed by atoms with van der Waals surface area (Å²) in [4.78, 5) is 2.79. The third-order valence-electron chi connectivity index (χ3n) is 4.69. The van der Waals surface area contributed by atoms with E-state index in [0.29, 0.717) is 0 Å². The van der Waals surface area contributed by atoms with Crippen molar-refractivity contribution in [2.75, 3.05) is 19.6 Å². The first-order valence-electron chi connectivity index (χ1n) is 6.33. The van der Waals surface area contributed by atoms with Crippen LogP contribution in [-0.4, -0.2) is 36.6 Å². The monoisotopic (exact) mass is 194 g/mol. The highest BCUT2D eigenvalue weighted by molar-refractivity contribution is 4.99. The van der Waals surface area contributed by atoms with E-state index in [-0.39, 0.29) is 0 Å². The molecule has 0 spiro atoms. The first-order valence-corrected chi connectivity index (χ1v) is 6.33. The zero-order chi connectivity index (χ0) is 9.54. The third kappa shape index (κ3) is 1.31. The molecule has 3 heterocycles. The molecule has 3 aliphatic rings. The molecule has 80 valence electrons. The van der Waals surface area contributed by atoms with E-state index in [1.54, 1.807) is 0 Å². The molecule has 0 aromatic carbocycles. The van der Waals surface area contributed by atoms with Crippen molar-refractivity contribution >= 4 is 0 Å². The van der Waals surface area contributed by atoms with Gasteiger partial charge in [0.05, 0.1) is 0 Å². The van der Waals surface area contributed by atoms with Crippen molar-refractivity contribution in [1.29, 1.82) is 0 Å². The molecule has 0 aliphatic carbocycles. The van der Waals surface area contributed by atoms with Crippen LogP contribution < -0.4 is 5.32 Å². The number of nitrogens with zero attached hydrogens (tertiary/aromatic N) is 1. The van der Waals surface area contributed by atoms with E-state index in [1.165, 1.54) is 45.3 Å². The molecule has 3 rings (SSSR count). The first-order chi connectivity index (χ1) is 6.86. The van der Waals surface area contributed by atoms with E-state index in [9.17, 15) is 0 Å². The lowest BCUT2D eigenvalue weighted by molar-refractivity contribution is -0.0192. The molecule has 3 aliphatic heterocycles. The Balaban J connectivity index is 1.84. The number of nitrogens with one attached hydrogen (secondary N) is 1. The number of rotatable bonds is 0. The average Bonchev–Trinajstić information content (AvgIpc) is 2.24. The van der Waals surface area contributed by atoms with Crippen molar-refractivity contribution in [3.05, 3.63) is 0 Å². The largest absolute Gasteiger partial charge is 0.314 e. The molecule has 0 aromatic rings. The van der Waals surface area contributed by atoms with Crippen molar-refractivity contribution in [3.63, 3.8) is 0 Å². The zero-order valence-corrected chi connectivity index (χ0v) is 9.21. The Bertz CT molecular complexity index is 208. The molecule has 4 unspecified atom stereocenters. The second-order valence-corrected chi connectivity index (χ2v) is 5.43. The Kier molecular flexibility index (Phi) is 2.29. The van der Waals surface area contributed by atoms with Crippen LogP contribution in [0.25, 0.3) is 0 Å². The van der Waals surface area contributed by atoms with Gasteiger partial charge in [-0.3, -0.25) is 4.90 Å². The molecular weight excluding hydrogens is 172 g/mol. The summed E-state index contributed by atoms with van der Waals surface area (Å²) in [5, 5.41) is 3.71. The van der Waals surface area contributed by atoms with E-state index in [4.69, 9.17) is 0 Å². The van der Waals surface area contributed by atoms with Crippen LogP contribution >= 0.6 is 0 Å². The number of hydrogen-bond acceptors (Lipinski definition) is 2. The molecule has 4 atom stereocenters. The Labute approximate surface area is 87.0 Å². The summed E-state index contributed by atoms with van der Waals surface area (Å²) in [7, 11) is 0. The maximum Gasteiger partial charge on any atom is 0.0179 e. The first kappa shape index (κ1) is 9.17. The lowest BCUT2D eigenvalue weighted by Gasteiger charge is -2.53. The van der Waals surface area contributed by atoms with Gasteiger partial charge in [-0.05, 0) is 64.1 Å². The van der Waals surface area contributed by atoms with Crippen LogP contribution in [0.1, 0.15) is 32.6 Å². The van der Waals surface area contributed by atoms with Gasteiger partial charge in [0.15, 0.2) is 0 Å². The molecule has 0 aromatic heterocycles. The zero-order valence-electron chi connectivity index (χ0n) is 9.21. The van der Waals surface area contributed by atoms with Crippen molar-refractivity contribution in [2.45, 2.75) is 44.7 Å². The highest BCUT2D eigenvalue weighted by Gasteiger charge is 2.43. The predicted molar refractivity (Wildman–Crippen MR) is 58.3 cm³/mol. The Morgan fingerprint density at radius 2 is 1.93 bits per heavy atom. The van der Waals surface area contributed by atoms with Crippen LogP contribution in [-0.2, 0) is 0 Å². The highest BCUT2D eigenvalue weighted by Crippen LogP contribution is 2.38. The van der Waals surface area contributed by atoms with Gasteiger partial charge in [-0.1, -0.05) is 0 Å². The summed E-state index contributed by atoms with van der Waals surface area (Å²) >= 11 is 0. The normalized spacial score (nSPS) is 48.6. The van der Waals surface area contributed by atoms with E-state index in [0.717, 1.165) is 23.9 Å². The molecule has 14 heavy (non-hydrogen) atoms. The molecule has 1 N–H and O–H groups in total. The molecule has 0 radical (unpaired) electrons. The summed E-state index contributed by atoms with van der Waals surface area (Å²) < 4.78 is 0. The van der Waals surface area contributed by atoms with Gasteiger partial charge in [0.2, 0.25) is 0 Å². The smallest absolute Gasteiger partial charge is 0.0179 e. The summed E-state index contributed by atoms with van der Waals surface area (Å²) in [6, 6.07) is 1.70. The fourth-order valence-electron chi connectivity index (χ4n) is 4.01. The van der Waals surface area contributed by atoms with Crippen LogP contribution in [0.4, 0.5) is 0 Å². The lowest BCUT2D eigenvalue weighted by atomic mass is 9.71. The molecule has 0 saturated carbocycles. The Hall–Kier alpha value is -0.0800. The summed E-state index contributed by atoms with van der Waals surface area (Å²) in [6.07, 6.45) is 5.80. The van der Waals surface area contributed by atoms with Gasteiger partial charge in [-0.2, -0.15) is 0 Å². The number of hydrogen-bond donors (Lipinski definition) is 1. The van der Waals surface area contributed by atoms with Crippen molar-refractivity contribution < 1.29 is 0 Å². The molecule has 3 saturated heterocycles.